The number of aryl methyl sites for hydroxylation is 4. The number of allylic oxidation sites excluding steroid dienone is 8. The molecule has 18 heteroatoms. The number of hydrogen-bond acceptors (Lipinski definition) is 8. The Labute approximate surface area is 519 Å². The zero-order valence-electron chi connectivity index (χ0n) is 49.4. The Bertz CT molecular complexity index is 4130. The van der Waals surface area contributed by atoms with E-state index in [4.69, 9.17) is 19.9 Å². The Kier molecular flexibility index (Phi) is 20.0. The Morgan fingerprint density at radius 1 is 0.349 bits per heavy atom. The minimum absolute atomic E-state index is 0. The second kappa shape index (κ2) is 26.6. The third-order valence-corrected chi connectivity index (χ3v) is 16.4. The summed E-state index contributed by atoms with van der Waals surface area (Å²) in [6, 6.07) is 15.8. The molecular weight excluding hydrogens is 1160 g/mol. The molecule has 0 aromatic carbocycles. The molecule has 0 unspecified atom stereocenters. The van der Waals surface area contributed by atoms with E-state index in [0.717, 1.165) is 156 Å². The van der Waals surface area contributed by atoms with Gasteiger partial charge in [-0.1, -0.05) is 50.6 Å². The average molecular weight is 1230 g/mol. The molecule has 6 aromatic rings. The molecule has 0 amide bonds. The van der Waals surface area contributed by atoms with Crippen LogP contribution >= 0.6 is 0 Å². The van der Waals surface area contributed by atoms with Gasteiger partial charge >= 0.3 is 23.9 Å². The van der Waals surface area contributed by atoms with E-state index in [0.29, 0.717) is 48.5 Å². The molecule has 0 saturated carbocycles. The van der Waals surface area contributed by atoms with Gasteiger partial charge in [-0.2, -0.15) is 0 Å². The fourth-order valence-corrected chi connectivity index (χ4v) is 11.5. The molecule has 441 valence electrons. The van der Waals surface area contributed by atoms with Crippen LogP contribution in [0.2, 0.25) is 0 Å². The largest absolute Gasteiger partial charge is 0.481 e. The van der Waals surface area contributed by atoms with Gasteiger partial charge in [0.25, 0.3) is 0 Å². The number of aliphatic carboxylic acids is 4. The summed E-state index contributed by atoms with van der Waals surface area (Å²) >= 11 is 0. The molecule has 0 spiro atoms. The van der Waals surface area contributed by atoms with Crippen molar-refractivity contribution in [3.8, 4) is 0 Å². The average Bonchev–Trinajstić information content (AvgIpc) is 1.78. The molecule has 0 atom stereocenters. The van der Waals surface area contributed by atoms with Crippen LogP contribution in [0.1, 0.15) is 169 Å². The number of carboxylic acids is 4. The van der Waals surface area contributed by atoms with Crippen LogP contribution in [0.5, 0.6) is 0 Å². The molecule has 0 saturated heterocycles. The number of H-pyrrole nitrogens is 4. The van der Waals surface area contributed by atoms with Crippen molar-refractivity contribution in [3.63, 3.8) is 0 Å². The number of aromatic amines is 4. The van der Waals surface area contributed by atoms with Crippen molar-refractivity contribution in [2.24, 2.45) is 0 Å². The summed E-state index contributed by atoms with van der Waals surface area (Å²) in [6.07, 6.45) is 8.40. The quantitative estimate of drug-likeness (QED) is 0.0421. The summed E-state index contributed by atoms with van der Waals surface area (Å²) < 4.78 is 0. The molecule has 4 aliphatic rings. The summed E-state index contributed by atoms with van der Waals surface area (Å²) in [5, 5.41) is 37.8. The first-order chi connectivity index (χ1) is 40.0. The number of nitrogens with zero attached hydrogens (tertiary/aromatic N) is 4. The van der Waals surface area contributed by atoms with Gasteiger partial charge in [-0.15, -0.1) is 0 Å². The zero-order valence-corrected chi connectivity index (χ0v) is 51.9. The van der Waals surface area contributed by atoms with Crippen LogP contribution in [0, 0.1) is 27.7 Å². The third kappa shape index (κ3) is 12.9. The van der Waals surface area contributed by atoms with Gasteiger partial charge in [-0.05, 0) is 196 Å². The van der Waals surface area contributed by atoms with Crippen molar-refractivity contribution in [2.45, 2.75) is 107 Å². The maximum Gasteiger partial charge on any atom is 0.303 e. The predicted octanol–water partition coefficient (Wildman–Crippen LogP) is 15.6. The number of nitrogens with one attached hydrogen (secondary N) is 4. The van der Waals surface area contributed by atoms with Gasteiger partial charge < -0.3 is 40.4 Å². The van der Waals surface area contributed by atoms with Gasteiger partial charge in [0, 0.05) is 127 Å². The van der Waals surface area contributed by atoms with E-state index in [1.807, 2.05) is 116 Å². The monoisotopic (exact) mass is 1230 g/mol. The first-order valence-electron chi connectivity index (χ1n) is 27.7. The van der Waals surface area contributed by atoms with Crippen molar-refractivity contribution in [3.05, 3.63) is 165 Å². The molecule has 8 N–H and O–H groups in total. The van der Waals surface area contributed by atoms with Crippen molar-refractivity contribution in [1.29, 1.82) is 0 Å². The Balaban J connectivity index is 0.000000240. The summed E-state index contributed by atoms with van der Waals surface area (Å²) in [6.45, 7) is 32.1. The van der Waals surface area contributed by atoms with E-state index in [-0.39, 0.29) is 60.1 Å². The van der Waals surface area contributed by atoms with Gasteiger partial charge in [0.2, 0.25) is 0 Å². The minimum Gasteiger partial charge on any atom is -0.481 e. The second-order valence-electron chi connectivity index (χ2n) is 21.5. The van der Waals surface area contributed by atoms with Crippen LogP contribution in [0.25, 0.3) is 113 Å². The maximum absolute atomic E-state index is 11.5. The van der Waals surface area contributed by atoms with Crippen LogP contribution in [0.3, 0.4) is 0 Å². The number of aromatic nitrogens is 8. The molecule has 86 heavy (non-hydrogen) atoms. The van der Waals surface area contributed by atoms with Crippen LogP contribution in [0.4, 0.5) is 0 Å². The molecule has 6 aromatic heterocycles. The molecule has 4 aliphatic heterocycles. The fourth-order valence-electron chi connectivity index (χ4n) is 11.5. The van der Waals surface area contributed by atoms with E-state index >= 15 is 0 Å². The van der Waals surface area contributed by atoms with Crippen LogP contribution in [-0.4, -0.2) is 84.2 Å². The van der Waals surface area contributed by atoms with E-state index < -0.39 is 23.9 Å². The Morgan fingerprint density at radius 3 is 0.756 bits per heavy atom. The first-order valence-corrected chi connectivity index (χ1v) is 27.7. The molecule has 0 fully saturated rings. The first kappa shape index (κ1) is 64.7. The van der Waals surface area contributed by atoms with Crippen molar-refractivity contribution >= 4 is 137 Å². The van der Waals surface area contributed by atoms with Crippen LogP contribution in [0.15, 0.2) is 74.8 Å². The zero-order chi connectivity index (χ0) is 60.6. The van der Waals surface area contributed by atoms with Gasteiger partial charge in [0.15, 0.2) is 0 Å². The normalized spacial score (nSPS) is 12.7. The Morgan fingerprint density at radius 2 is 0.547 bits per heavy atom. The van der Waals surface area contributed by atoms with E-state index in [1.54, 1.807) is 0 Å². The summed E-state index contributed by atoms with van der Waals surface area (Å²) in [5.74, 6) is -3.55. The fraction of sp³-hybridized carbons (Fsp3) is 0.235. The van der Waals surface area contributed by atoms with E-state index in [1.165, 1.54) is 0 Å². The molecule has 0 aliphatic carbocycles. The molecule has 10 rings (SSSR count). The van der Waals surface area contributed by atoms with E-state index in [9.17, 15) is 39.6 Å². The minimum atomic E-state index is -0.889. The van der Waals surface area contributed by atoms with Crippen LogP contribution in [-0.2, 0) is 53.6 Å². The third-order valence-electron chi connectivity index (χ3n) is 16.4. The smallest absolute Gasteiger partial charge is 0.303 e. The maximum atomic E-state index is 11.5. The number of hydrogen-bond donors (Lipinski definition) is 8. The second-order valence-corrected chi connectivity index (χ2v) is 21.5. The van der Waals surface area contributed by atoms with Gasteiger partial charge in [0.05, 0.1) is 45.6 Å². The number of carbonyl (C=O) groups is 4. The number of rotatable bonds is 16. The summed E-state index contributed by atoms with van der Waals surface area (Å²) in [5.41, 5.74) is 27.4. The van der Waals surface area contributed by atoms with Crippen molar-refractivity contribution in [2.75, 3.05) is 0 Å². The Hall–Kier alpha value is -8.91. The predicted molar refractivity (Wildman–Crippen MR) is 339 cm³/mol. The number of carboxylic acid groups (broad SMARTS) is 4. The van der Waals surface area contributed by atoms with Crippen LogP contribution < -0.4 is 0 Å². The topological polar surface area (TPSA) is 264 Å². The molecular formula is C68H68CrMnN8O8. The van der Waals surface area contributed by atoms with E-state index in [2.05, 4.69) is 58.4 Å². The molecule has 16 bridgehead atoms. The van der Waals surface area contributed by atoms with Gasteiger partial charge in [-0.25, -0.2) is 19.9 Å². The summed E-state index contributed by atoms with van der Waals surface area (Å²) in [7, 11) is 0. The van der Waals surface area contributed by atoms with Crippen molar-refractivity contribution < 1.29 is 74.0 Å². The standard InChI is InChI=1S/2C34H34N4O4.Cr.Mn/c2*1-7-21-17(3)25-13-26-19(5)23(9-11-33(39)40)31(37-26)16-32-24(10-12-34(41)42)20(6)28(38-32)15-30-22(8-2)18(4)27(36-30)14-29(21)35-25;;/h2*7-8,13-16,35-36H,1-2,9-12H2,3-6H3,(H,39,40)(H,41,42);;. The molecule has 10 heterocycles. The molecule has 16 nitrogen and oxygen atoms in total. The molecule has 1 radical (unpaired) electrons. The number of fused-ring (bicyclic) bond motifs is 16. The SMILES string of the molecule is C=Cc1c(C)c2cc3[nH]c(cc4nc(cc5nc(cc1[nH]2)C(C)=C5CCC(=O)O)C(CCC(=O)O)=C4C)c(C)c3C=C.C=Cc1c(C)c2cc3[nH]c(cc4nc(cc5nc(cc1[nH]2)C(C)=C5CCC(=O)O)C(CCC(=O)O)=C4C)c(C)c3C=C.[Cr].[Mn]. The van der Waals surface area contributed by atoms with Gasteiger partial charge in [0.1, 0.15) is 0 Å². The summed E-state index contributed by atoms with van der Waals surface area (Å²) in [4.78, 5) is 80.0. The van der Waals surface area contributed by atoms with Crippen molar-refractivity contribution in [1.82, 2.24) is 39.9 Å². The van der Waals surface area contributed by atoms with Gasteiger partial charge in [-0.3, -0.25) is 19.2 Å².